The van der Waals surface area contributed by atoms with Gasteiger partial charge in [-0.25, -0.2) is 4.98 Å². The van der Waals surface area contributed by atoms with Crippen LogP contribution in [0.5, 0.6) is 0 Å². The van der Waals surface area contributed by atoms with E-state index >= 15 is 0 Å². The number of hydrogen-bond acceptors (Lipinski definition) is 4. The summed E-state index contributed by atoms with van der Waals surface area (Å²) >= 11 is 0. The lowest BCUT2D eigenvalue weighted by Gasteiger charge is -2.04. The number of rotatable bonds is 7. The van der Waals surface area contributed by atoms with E-state index in [1.165, 1.54) is 0 Å². The number of hydrogen-bond donors (Lipinski definition) is 3. The van der Waals surface area contributed by atoms with Gasteiger partial charge >= 0.3 is 10.3 Å². The van der Waals surface area contributed by atoms with Crippen molar-refractivity contribution in [2.45, 2.75) is 12.8 Å². The number of nitrogens with zero attached hydrogens (tertiary/aromatic N) is 1. The molecule has 0 amide bonds. The van der Waals surface area contributed by atoms with E-state index < -0.39 is 10.3 Å². The van der Waals surface area contributed by atoms with Gasteiger partial charge in [0.2, 0.25) is 0 Å². The van der Waals surface area contributed by atoms with Crippen molar-refractivity contribution < 1.29 is 13.0 Å². The summed E-state index contributed by atoms with van der Waals surface area (Å²) in [6, 6.07) is 5.58. The van der Waals surface area contributed by atoms with Crippen LogP contribution in [0.15, 0.2) is 24.4 Å². The second kappa shape index (κ2) is 6.41. The van der Waals surface area contributed by atoms with Crippen LogP contribution >= 0.6 is 0 Å². The molecule has 0 bridgehead atoms. The van der Waals surface area contributed by atoms with Crippen LogP contribution in [0.25, 0.3) is 0 Å². The first-order valence-electron chi connectivity index (χ1n) is 4.95. The van der Waals surface area contributed by atoms with Crippen molar-refractivity contribution >= 4 is 16.1 Å². The second-order valence-electron chi connectivity index (χ2n) is 3.22. The number of unbranched alkanes of at least 4 members (excludes halogenated alkanes) is 1. The van der Waals surface area contributed by atoms with Gasteiger partial charge in [-0.05, 0) is 25.0 Å². The van der Waals surface area contributed by atoms with E-state index in [4.69, 9.17) is 4.55 Å². The van der Waals surface area contributed by atoms with Crippen LogP contribution < -0.4 is 10.0 Å². The van der Waals surface area contributed by atoms with Gasteiger partial charge in [0.05, 0.1) is 0 Å². The molecule has 7 heteroatoms. The zero-order valence-electron chi connectivity index (χ0n) is 8.76. The average Bonchev–Trinajstić information content (AvgIpc) is 2.23. The maximum atomic E-state index is 10.3. The molecule has 0 fully saturated rings. The molecular formula is C9H15N3O3S. The number of nitrogens with one attached hydrogen (secondary N) is 2. The molecule has 6 nitrogen and oxygen atoms in total. The lowest BCUT2D eigenvalue weighted by molar-refractivity contribution is 0.466. The molecule has 3 N–H and O–H groups in total. The minimum absolute atomic E-state index is 0.239. The number of anilines is 1. The predicted octanol–water partition coefficient (Wildman–Crippen LogP) is 0.666. The van der Waals surface area contributed by atoms with E-state index in [0.29, 0.717) is 13.0 Å². The highest BCUT2D eigenvalue weighted by molar-refractivity contribution is 7.83. The fourth-order valence-corrected chi connectivity index (χ4v) is 1.54. The predicted molar refractivity (Wildman–Crippen MR) is 61.5 cm³/mol. The van der Waals surface area contributed by atoms with Gasteiger partial charge < -0.3 is 5.32 Å². The first kappa shape index (κ1) is 12.9. The van der Waals surface area contributed by atoms with E-state index in [2.05, 4.69) is 10.3 Å². The molecule has 0 aliphatic heterocycles. The molecule has 1 aromatic rings. The molecule has 1 rings (SSSR count). The fourth-order valence-electron chi connectivity index (χ4n) is 1.13. The number of aromatic nitrogens is 1. The molecule has 0 radical (unpaired) electrons. The Morgan fingerprint density at radius 3 is 2.62 bits per heavy atom. The molecule has 0 saturated carbocycles. The molecular weight excluding hydrogens is 230 g/mol. The molecule has 0 saturated heterocycles. The highest BCUT2D eigenvalue weighted by atomic mass is 32.2. The Kier molecular flexibility index (Phi) is 5.17. The molecule has 0 aromatic carbocycles. The Bertz CT molecular complexity index is 394. The lowest BCUT2D eigenvalue weighted by atomic mass is 10.3. The van der Waals surface area contributed by atoms with Crippen LogP contribution in [0.3, 0.4) is 0 Å². The van der Waals surface area contributed by atoms with Crippen molar-refractivity contribution in [3.05, 3.63) is 24.4 Å². The monoisotopic (exact) mass is 245 g/mol. The van der Waals surface area contributed by atoms with Crippen molar-refractivity contribution in [2.75, 3.05) is 18.4 Å². The fraction of sp³-hybridized carbons (Fsp3) is 0.444. The van der Waals surface area contributed by atoms with Gasteiger partial charge in [0.15, 0.2) is 0 Å². The first-order chi connectivity index (χ1) is 7.58. The molecule has 0 unspecified atom stereocenters. The maximum absolute atomic E-state index is 10.3. The van der Waals surface area contributed by atoms with Gasteiger partial charge in [0.25, 0.3) is 0 Å². The van der Waals surface area contributed by atoms with Crippen molar-refractivity contribution in [2.24, 2.45) is 0 Å². The third-order valence-corrected chi connectivity index (χ3v) is 2.43. The Balaban J connectivity index is 2.05. The van der Waals surface area contributed by atoms with E-state index in [1.54, 1.807) is 6.20 Å². The van der Waals surface area contributed by atoms with Crippen LogP contribution in [0, 0.1) is 0 Å². The van der Waals surface area contributed by atoms with E-state index in [9.17, 15) is 8.42 Å². The summed E-state index contributed by atoms with van der Waals surface area (Å²) in [5, 5.41) is 3.09. The van der Waals surface area contributed by atoms with E-state index in [-0.39, 0.29) is 6.54 Å². The Morgan fingerprint density at radius 1 is 1.25 bits per heavy atom. The van der Waals surface area contributed by atoms with Gasteiger partial charge in [-0.1, -0.05) is 6.07 Å². The molecule has 0 atom stereocenters. The Morgan fingerprint density at radius 2 is 2.00 bits per heavy atom. The molecule has 0 aliphatic rings. The lowest BCUT2D eigenvalue weighted by Crippen LogP contribution is -2.23. The third kappa shape index (κ3) is 6.33. The molecule has 1 heterocycles. The summed E-state index contributed by atoms with van der Waals surface area (Å²) in [7, 11) is -4.05. The molecule has 16 heavy (non-hydrogen) atoms. The molecule has 0 spiro atoms. The summed E-state index contributed by atoms with van der Waals surface area (Å²) in [6.45, 7) is 0.951. The summed E-state index contributed by atoms with van der Waals surface area (Å²) < 4.78 is 31.0. The quantitative estimate of drug-likeness (QED) is 0.485. The number of pyridine rings is 1. The van der Waals surface area contributed by atoms with E-state index in [1.807, 2.05) is 22.9 Å². The van der Waals surface area contributed by atoms with Crippen LogP contribution in [-0.4, -0.2) is 31.0 Å². The largest absolute Gasteiger partial charge is 0.370 e. The molecule has 0 aliphatic carbocycles. The van der Waals surface area contributed by atoms with Gasteiger partial charge in [-0.15, -0.1) is 0 Å². The standard InChI is InChI=1S/C9H15N3O3S/c13-16(14,15)12-8-4-3-7-11-9-5-1-2-6-10-9/h1-2,5-6,12H,3-4,7-8H2,(H,10,11)(H,13,14,15). The summed E-state index contributed by atoms with van der Waals surface area (Å²) in [5.41, 5.74) is 0. The first-order valence-corrected chi connectivity index (χ1v) is 6.39. The minimum atomic E-state index is -4.05. The third-order valence-electron chi connectivity index (χ3n) is 1.86. The zero-order valence-corrected chi connectivity index (χ0v) is 9.57. The van der Waals surface area contributed by atoms with Gasteiger partial charge in [-0.2, -0.15) is 13.1 Å². The highest BCUT2D eigenvalue weighted by Crippen LogP contribution is 2.00. The molecule has 1 aromatic heterocycles. The van der Waals surface area contributed by atoms with Crippen LogP contribution in [0.4, 0.5) is 5.82 Å². The summed E-state index contributed by atoms with van der Waals surface area (Å²) in [4.78, 5) is 4.07. The molecule has 90 valence electrons. The summed E-state index contributed by atoms with van der Waals surface area (Å²) in [5.74, 6) is 0.797. The van der Waals surface area contributed by atoms with Crippen LogP contribution in [-0.2, 0) is 10.3 Å². The summed E-state index contributed by atoms with van der Waals surface area (Å²) in [6.07, 6.45) is 3.14. The van der Waals surface area contributed by atoms with Gasteiger partial charge in [0.1, 0.15) is 5.82 Å². The average molecular weight is 245 g/mol. The minimum Gasteiger partial charge on any atom is -0.370 e. The van der Waals surface area contributed by atoms with E-state index in [0.717, 1.165) is 12.2 Å². The SMILES string of the molecule is O=S(=O)(O)NCCCCNc1ccccn1. The van der Waals surface area contributed by atoms with Crippen molar-refractivity contribution in [3.8, 4) is 0 Å². The highest BCUT2D eigenvalue weighted by Gasteiger charge is 2.00. The van der Waals surface area contributed by atoms with Crippen molar-refractivity contribution in [1.82, 2.24) is 9.71 Å². The topological polar surface area (TPSA) is 91.3 Å². The maximum Gasteiger partial charge on any atom is 0.333 e. The van der Waals surface area contributed by atoms with Crippen LogP contribution in [0.2, 0.25) is 0 Å². The zero-order chi connectivity index (χ0) is 11.9. The smallest absolute Gasteiger partial charge is 0.333 e. The second-order valence-corrected chi connectivity index (χ2v) is 4.46. The Labute approximate surface area is 95.0 Å². The van der Waals surface area contributed by atoms with Crippen molar-refractivity contribution in [3.63, 3.8) is 0 Å². The van der Waals surface area contributed by atoms with Gasteiger partial charge in [-0.3, -0.25) is 4.55 Å². The Hall–Kier alpha value is -1.18. The van der Waals surface area contributed by atoms with Crippen molar-refractivity contribution in [1.29, 1.82) is 0 Å². The van der Waals surface area contributed by atoms with Gasteiger partial charge in [0, 0.05) is 19.3 Å². The van der Waals surface area contributed by atoms with Crippen LogP contribution in [0.1, 0.15) is 12.8 Å². The normalized spacial score (nSPS) is 11.3.